The first kappa shape index (κ1) is 24.1. The van der Waals surface area contributed by atoms with E-state index in [0.29, 0.717) is 43.5 Å². The Kier molecular flexibility index (Phi) is 6.33. The largest absolute Gasteiger partial charge is 0.465 e. The van der Waals surface area contributed by atoms with Crippen LogP contribution in [0.25, 0.3) is 32.0 Å². The molecule has 5 rings (SSSR count). The number of sulfone groups is 1. The van der Waals surface area contributed by atoms with Crippen LogP contribution in [0.5, 0.6) is 0 Å². The second-order valence-electron chi connectivity index (χ2n) is 8.34. The number of ether oxygens (including phenoxy) is 1. The van der Waals surface area contributed by atoms with Gasteiger partial charge in [-0.05, 0) is 35.9 Å². The summed E-state index contributed by atoms with van der Waals surface area (Å²) < 4.78 is 30.6. The molecule has 1 aromatic carbocycles. The van der Waals surface area contributed by atoms with E-state index >= 15 is 0 Å². The second kappa shape index (κ2) is 9.45. The number of thiophene rings is 1. The minimum absolute atomic E-state index is 0.259. The van der Waals surface area contributed by atoms with Gasteiger partial charge >= 0.3 is 6.09 Å². The summed E-state index contributed by atoms with van der Waals surface area (Å²) in [4.78, 5) is 29.5. The Labute approximate surface area is 211 Å². The summed E-state index contributed by atoms with van der Waals surface area (Å²) in [5, 5.41) is 9.19. The van der Waals surface area contributed by atoms with E-state index in [9.17, 15) is 18.3 Å². The molecule has 1 aliphatic heterocycles. The monoisotopic (exact) mass is 525 g/mol. The lowest BCUT2D eigenvalue weighted by Gasteiger charge is -2.28. The number of benzene rings is 1. The van der Waals surface area contributed by atoms with Crippen molar-refractivity contribution >= 4 is 49.1 Å². The lowest BCUT2D eigenvalue weighted by atomic mass is 10.2. The van der Waals surface area contributed by atoms with Crippen molar-refractivity contribution < 1.29 is 23.1 Å². The Bertz CT molecular complexity index is 1550. The number of amides is 1. The molecular weight excluding hydrogens is 502 g/mol. The number of aromatic nitrogens is 3. The fourth-order valence-electron chi connectivity index (χ4n) is 3.87. The first-order valence-corrected chi connectivity index (χ1v) is 13.8. The molecule has 1 fully saturated rings. The molecule has 0 atom stereocenters. The van der Waals surface area contributed by atoms with Gasteiger partial charge < -0.3 is 14.7 Å². The first-order valence-electron chi connectivity index (χ1n) is 11.1. The fourth-order valence-corrected chi connectivity index (χ4v) is 5.65. The third-order valence-corrected chi connectivity index (χ3v) is 8.13. The van der Waals surface area contributed by atoms with Crippen molar-refractivity contribution in [2.45, 2.75) is 4.90 Å². The number of carbonyl (C=O) groups is 1. The number of nitrogens with zero attached hydrogens (tertiary/aromatic N) is 5. The smallest absolute Gasteiger partial charge is 0.412 e. The molecule has 1 aliphatic rings. The molecule has 3 aromatic heterocycles. The van der Waals surface area contributed by atoms with Crippen LogP contribution < -0.4 is 9.80 Å². The van der Waals surface area contributed by atoms with Crippen LogP contribution in [0.15, 0.2) is 53.6 Å². The van der Waals surface area contributed by atoms with Gasteiger partial charge in [-0.3, -0.25) is 4.90 Å². The van der Waals surface area contributed by atoms with E-state index in [2.05, 4.69) is 9.88 Å². The number of morpholine rings is 1. The number of fused-ring (bicyclic) bond motifs is 1. The van der Waals surface area contributed by atoms with Gasteiger partial charge in [0.15, 0.2) is 21.5 Å². The maximum absolute atomic E-state index is 12.1. The van der Waals surface area contributed by atoms with E-state index in [1.54, 1.807) is 36.5 Å². The van der Waals surface area contributed by atoms with Crippen molar-refractivity contribution in [2.24, 2.45) is 0 Å². The second-order valence-corrected chi connectivity index (χ2v) is 11.4. The molecule has 12 heteroatoms. The lowest BCUT2D eigenvalue weighted by Crippen LogP contribution is -2.36. The minimum Gasteiger partial charge on any atom is -0.465 e. The molecule has 1 amide bonds. The highest BCUT2D eigenvalue weighted by Gasteiger charge is 2.21. The van der Waals surface area contributed by atoms with Crippen molar-refractivity contribution in [3.8, 4) is 21.8 Å². The molecule has 0 bridgehead atoms. The summed E-state index contributed by atoms with van der Waals surface area (Å²) in [7, 11) is -1.91. The van der Waals surface area contributed by atoms with Gasteiger partial charge in [0.05, 0.1) is 28.3 Å². The Hall–Kier alpha value is -3.61. The van der Waals surface area contributed by atoms with Gasteiger partial charge in [0.1, 0.15) is 5.82 Å². The van der Waals surface area contributed by atoms with Crippen LogP contribution in [-0.4, -0.2) is 74.2 Å². The van der Waals surface area contributed by atoms with Crippen LogP contribution in [0.3, 0.4) is 0 Å². The maximum atomic E-state index is 12.1. The van der Waals surface area contributed by atoms with Crippen LogP contribution in [0, 0.1) is 0 Å². The zero-order valence-electron chi connectivity index (χ0n) is 19.6. The predicted octanol–water partition coefficient (Wildman–Crippen LogP) is 3.77. The van der Waals surface area contributed by atoms with Gasteiger partial charge in [-0.25, -0.2) is 28.2 Å². The van der Waals surface area contributed by atoms with Crippen molar-refractivity contribution in [3.05, 3.63) is 48.7 Å². The van der Waals surface area contributed by atoms with Crippen LogP contribution in [-0.2, 0) is 14.6 Å². The molecule has 0 spiro atoms. The highest BCUT2D eigenvalue weighted by atomic mass is 32.2. The molecule has 36 heavy (non-hydrogen) atoms. The Morgan fingerprint density at radius 1 is 1.11 bits per heavy atom. The summed E-state index contributed by atoms with van der Waals surface area (Å²) in [6.45, 7) is 2.55. The molecule has 0 saturated carbocycles. The molecule has 10 nitrogen and oxygen atoms in total. The Morgan fingerprint density at radius 3 is 2.56 bits per heavy atom. The summed E-state index contributed by atoms with van der Waals surface area (Å²) in [5.41, 5.74) is 2.18. The highest BCUT2D eigenvalue weighted by molar-refractivity contribution is 7.90. The van der Waals surface area contributed by atoms with Gasteiger partial charge in [-0.15, -0.1) is 11.3 Å². The third-order valence-electron chi connectivity index (χ3n) is 5.85. The lowest BCUT2D eigenvalue weighted by molar-refractivity contribution is 0.122. The zero-order chi connectivity index (χ0) is 25.4. The van der Waals surface area contributed by atoms with Crippen molar-refractivity contribution in [3.63, 3.8) is 0 Å². The van der Waals surface area contributed by atoms with E-state index in [1.807, 2.05) is 12.1 Å². The fraction of sp³-hybridized carbons (Fsp3) is 0.250. The van der Waals surface area contributed by atoms with Gasteiger partial charge in [-0.2, -0.15) is 0 Å². The highest BCUT2D eigenvalue weighted by Crippen LogP contribution is 2.39. The Balaban J connectivity index is 1.62. The zero-order valence-corrected chi connectivity index (χ0v) is 21.2. The van der Waals surface area contributed by atoms with E-state index in [1.165, 1.54) is 24.6 Å². The number of carboxylic acid groups (broad SMARTS) is 1. The first-order chi connectivity index (χ1) is 17.2. The van der Waals surface area contributed by atoms with Crippen LogP contribution in [0.4, 0.5) is 16.4 Å². The standard InChI is InChI=1S/C24H23N5O5S2/c1-28(24(30)31)20-7-6-16(14-25-20)22-26-18-13-19(15-4-3-5-17(12-15)36(2,32)33)35-21(18)23(27-22)29-8-10-34-11-9-29/h3-7,12-14H,8-11H2,1-2H3,(H,30,31). The number of anilines is 2. The van der Waals surface area contributed by atoms with Crippen molar-refractivity contribution in [2.75, 3.05) is 49.4 Å². The number of hydrogen-bond acceptors (Lipinski definition) is 9. The van der Waals surface area contributed by atoms with Gasteiger partial charge in [0.25, 0.3) is 0 Å². The Morgan fingerprint density at radius 2 is 1.89 bits per heavy atom. The van der Waals surface area contributed by atoms with Gasteiger partial charge in [0, 0.05) is 43.0 Å². The molecule has 0 aliphatic carbocycles. The van der Waals surface area contributed by atoms with E-state index in [0.717, 1.165) is 31.4 Å². The average molecular weight is 526 g/mol. The molecular formula is C24H23N5O5S2. The van der Waals surface area contributed by atoms with Gasteiger partial charge in [-0.1, -0.05) is 12.1 Å². The van der Waals surface area contributed by atoms with Gasteiger partial charge in [0.2, 0.25) is 0 Å². The number of rotatable bonds is 5. The van der Waals surface area contributed by atoms with Crippen molar-refractivity contribution in [1.29, 1.82) is 0 Å². The molecule has 0 unspecified atom stereocenters. The summed E-state index contributed by atoms with van der Waals surface area (Å²) in [6, 6.07) is 12.2. The summed E-state index contributed by atoms with van der Waals surface area (Å²) in [6.07, 6.45) is 1.65. The SMILES string of the molecule is CN(C(=O)O)c1ccc(-c2nc(N3CCOCC3)c3sc(-c4cccc(S(C)(=O)=O)c4)cc3n2)cn1. The molecule has 4 aromatic rings. The third kappa shape index (κ3) is 4.74. The normalized spacial score (nSPS) is 14.2. The van der Waals surface area contributed by atoms with Crippen LogP contribution in [0.1, 0.15) is 0 Å². The van der Waals surface area contributed by atoms with Crippen LogP contribution >= 0.6 is 11.3 Å². The average Bonchev–Trinajstić information content (AvgIpc) is 3.32. The number of hydrogen-bond donors (Lipinski definition) is 1. The van der Waals surface area contributed by atoms with Crippen LogP contribution in [0.2, 0.25) is 0 Å². The van der Waals surface area contributed by atoms with E-state index < -0.39 is 15.9 Å². The van der Waals surface area contributed by atoms with E-state index in [-0.39, 0.29) is 4.90 Å². The predicted molar refractivity (Wildman–Crippen MR) is 139 cm³/mol. The van der Waals surface area contributed by atoms with Crippen molar-refractivity contribution in [1.82, 2.24) is 15.0 Å². The quantitative estimate of drug-likeness (QED) is 0.414. The van der Waals surface area contributed by atoms with E-state index in [4.69, 9.17) is 14.7 Å². The minimum atomic E-state index is -3.34. The molecule has 1 saturated heterocycles. The molecule has 1 N–H and O–H groups in total. The maximum Gasteiger partial charge on any atom is 0.412 e. The summed E-state index contributed by atoms with van der Waals surface area (Å²) >= 11 is 1.51. The molecule has 186 valence electrons. The number of pyridine rings is 1. The summed E-state index contributed by atoms with van der Waals surface area (Å²) in [5.74, 6) is 1.54. The molecule has 0 radical (unpaired) electrons. The molecule has 4 heterocycles. The topological polar surface area (TPSA) is 126 Å².